The number of carbonyl (C=O) groups excluding carboxylic acids is 1. The Labute approximate surface area is 103 Å². The van der Waals surface area contributed by atoms with E-state index in [2.05, 4.69) is 9.72 Å². The van der Waals surface area contributed by atoms with Gasteiger partial charge in [0.25, 0.3) is 0 Å². The Kier molecular flexibility index (Phi) is 3.41. The van der Waals surface area contributed by atoms with Gasteiger partial charge in [-0.05, 0) is 25.1 Å². The smallest absolute Gasteiger partial charge is 0.346 e. The van der Waals surface area contributed by atoms with Crippen LogP contribution >= 0.6 is 0 Å². The molecule has 0 saturated heterocycles. The van der Waals surface area contributed by atoms with E-state index in [0.29, 0.717) is 11.1 Å². The van der Waals surface area contributed by atoms with Gasteiger partial charge in [-0.25, -0.2) is 9.18 Å². The zero-order valence-electron chi connectivity index (χ0n) is 10.0. The average Bonchev–Trinajstić information content (AvgIpc) is 2.39. The monoisotopic (exact) mass is 249 g/mol. The molecule has 0 bridgehead atoms. The van der Waals surface area contributed by atoms with E-state index in [1.54, 1.807) is 25.1 Å². The number of pyridine rings is 1. The highest BCUT2D eigenvalue weighted by molar-refractivity contribution is 5.85. The average molecular weight is 249 g/mol. The number of ether oxygens (including phenoxy) is 2. The van der Waals surface area contributed by atoms with Crippen molar-refractivity contribution in [2.75, 3.05) is 7.11 Å². The molecule has 0 radical (unpaired) electrons. The maximum atomic E-state index is 13.5. The first-order valence-electron chi connectivity index (χ1n) is 5.41. The van der Waals surface area contributed by atoms with Gasteiger partial charge in [0.05, 0.1) is 7.11 Å². The van der Waals surface area contributed by atoms with Crippen LogP contribution in [0.5, 0.6) is 5.75 Å². The highest BCUT2D eigenvalue weighted by Gasteiger charge is 2.16. The Morgan fingerprint density at radius 1 is 1.39 bits per heavy atom. The third-order valence-corrected chi connectivity index (χ3v) is 2.52. The molecular formula is C13H12FNO3. The highest BCUT2D eigenvalue weighted by Crippen LogP contribution is 2.26. The Bertz CT molecular complexity index is 585. The van der Waals surface area contributed by atoms with Crippen LogP contribution in [0.2, 0.25) is 0 Å². The first kappa shape index (κ1) is 12.3. The number of rotatable bonds is 3. The Morgan fingerprint density at radius 3 is 2.89 bits per heavy atom. The quantitative estimate of drug-likeness (QED) is 0.783. The van der Waals surface area contributed by atoms with Crippen molar-refractivity contribution in [2.45, 2.75) is 13.0 Å². The van der Waals surface area contributed by atoms with Crippen molar-refractivity contribution in [1.82, 2.24) is 4.98 Å². The van der Waals surface area contributed by atoms with Crippen LogP contribution in [0.15, 0.2) is 30.5 Å². The van der Waals surface area contributed by atoms with Crippen LogP contribution in [0.4, 0.5) is 4.39 Å². The predicted octanol–water partition coefficient (Wildman–Crippen LogP) is 2.31. The fourth-order valence-corrected chi connectivity index (χ4v) is 1.62. The summed E-state index contributed by atoms with van der Waals surface area (Å²) in [5.74, 6) is -0.516. The van der Waals surface area contributed by atoms with Crippen molar-refractivity contribution in [3.05, 3.63) is 36.3 Å². The SMILES string of the molecule is COC(=O)C(C)Oc1ccnc2c(F)cccc12. The number of methoxy groups -OCH3 is 1. The normalized spacial score (nSPS) is 12.2. The Hall–Kier alpha value is -2.17. The molecule has 1 atom stereocenters. The van der Waals surface area contributed by atoms with Gasteiger partial charge in [0.2, 0.25) is 0 Å². The first-order valence-corrected chi connectivity index (χ1v) is 5.41. The first-order chi connectivity index (χ1) is 8.63. The van der Waals surface area contributed by atoms with Crippen molar-refractivity contribution in [1.29, 1.82) is 0 Å². The lowest BCUT2D eigenvalue weighted by molar-refractivity contribution is -0.147. The van der Waals surface area contributed by atoms with E-state index in [0.717, 1.165) is 0 Å². The molecule has 0 saturated carbocycles. The third kappa shape index (κ3) is 2.25. The molecule has 0 aliphatic heterocycles. The summed E-state index contributed by atoms with van der Waals surface area (Å²) >= 11 is 0. The Morgan fingerprint density at radius 2 is 2.17 bits per heavy atom. The molecule has 4 nitrogen and oxygen atoms in total. The van der Waals surface area contributed by atoms with E-state index < -0.39 is 17.9 Å². The number of halogens is 1. The molecule has 2 rings (SSSR count). The van der Waals surface area contributed by atoms with Crippen LogP contribution in [0.25, 0.3) is 10.9 Å². The summed E-state index contributed by atoms with van der Waals surface area (Å²) in [6.45, 7) is 1.57. The molecule has 0 aliphatic carbocycles. The van der Waals surface area contributed by atoms with E-state index in [9.17, 15) is 9.18 Å². The van der Waals surface area contributed by atoms with Gasteiger partial charge in [-0.3, -0.25) is 4.98 Å². The van der Waals surface area contributed by atoms with Gasteiger partial charge in [-0.1, -0.05) is 6.07 Å². The van der Waals surface area contributed by atoms with Crippen molar-refractivity contribution in [3.63, 3.8) is 0 Å². The second-order valence-corrected chi connectivity index (χ2v) is 3.73. The Balaban J connectivity index is 2.40. The lowest BCUT2D eigenvalue weighted by Crippen LogP contribution is -2.25. The molecule has 1 unspecified atom stereocenters. The number of hydrogen-bond donors (Lipinski definition) is 0. The molecule has 0 spiro atoms. The van der Waals surface area contributed by atoms with E-state index in [4.69, 9.17) is 4.74 Å². The number of nitrogens with zero attached hydrogens (tertiary/aromatic N) is 1. The largest absolute Gasteiger partial charge is 0.478 e. The van der Waals surface area contributed by atoms with Crippen LogP contribution in [0.3, 0.4) is 0 Å². The lowest BCUT2D eigenvalue weighted by atomic mass is 10.2. The zero-order valence-corrected chi connectivity index (χ0v) is 10.0. The predicted molar refractivity (Wildman–Crippen MR) is 63.8 cm³/mol. The molecule has 0 amide bonds. The molecule has 0 aliphatic rings. The molecule has 5 heteroatoms. The van der Waals surface area contributed by atoms with Crippen molar-refractivity contribution in [2.24, 2.45) is 0 Å². The number of para-hydroxylation sites is 1. The number of hydrogen-bond acceptors (Lipinski definition) is 4. The second kappa shape index (κ2) is 5.00. The van der Waals surface area contributed by atoms with Gasteiger partial charge in [-0.15, -0.1) is 0 Å². The number of aromatic nitrogens is 1. The van der Waals surface area contributed by atoms with E-state index in [1.165, 1.54) is 19.4 Å². The minimum absolute atomic E-state index is 0.215. The zero-order chi connectivity index (χ0) is 13.1. The van der Waals surface area contributed by atoms with E-state index in [-0.39, 0.29) is 5.52 Å². The van der Waals surface area contributed by atoms with Crippen LogP contribution in [0, 0.1) is 5.82 Å². The van der Waals surface area contributed by atoms with Crippen molar-refractivity contribution >= 4 is 16.9 Å². The molecule has 0 fully saturated rings. The second-order valence-electron chi connectivity index (χ2n) is 3.73. The van der Waals surface area contributed by atoms with Crippen LogP contribution < -0.4 is 4.74 Å². The summed E-state index contributed by atoms with van der Waals surface area (Å²) < 4.78 is 23.5. The number of carbonyl (C=O) groups is 1. The molecule has 1 aromatic heterocycles. The van der Waals surface area contributed by atoms with Crippen molar-refractivity contribution in [3.8, 4) is 5.75 Å². The van der Waals surface area contributed by atoms with Gasteiger partial charge in [-0.2, -0.15) is 0 Å². The fraction of sp³-hybridized carbons (Fsp3) is 0.231. The summed E-state index contributed by atoms with van der Waals surface area (Å²) in [6.07, 6.45) is 0.675. The van der Waals surface area contributed by atoms with E-state index in [1.807, 2.05) is 0 Å². The molecule has 18 heavy (non-hydrogen) atoms. The third-order valence-electron chi connectivity index (χ3n) is 2.52. The molecule has 1 heterocycles. The number of fused-ring (bicyclic) bond motifs is 1. The summed E-state index contributed by atoms with van der Waals surface area (Å²) in [5.41, 5.74) is 0.215. The molecule has 2 aromatic rings. The molecule has 94 valence electrons. The van der Waals surface area contributed by atoms with Gasteiger partial charge < -0.3 is 9.47 Å². The van der Waals surface area contributed by atoms with Gasteiger partial charge in [0.15, 0.2) is 6.10 Å². The lowest BCUT2D eigenvalue weighted by Gasteiger charge is -2.13. The van der Waals surface area contributed by atoms with Crippen molar-refractivity contribution < 1.29 is 18.7 Å². The molecular weight excluding hydrogens is 237 g/mol. The number of esters is 1. The summed E-state index contributed by atoms with van der Waals surface area (Å²) in [6, 6.07) is 6.16. The van der Waals surface area contributed by atoms with Gasteiger partial charge >= 0.3 is 5.97 Å². The number of benzene rings is 1. The standard InChI is InChI=1S/C13H12FNO3/c1-8(13(16)17-2)18-11-6-7-15-12-9(11)4-3-5-10(12)14/h3-8H,1-2H3. The van der Waals surface area contributed by atoms with Crippen LogP contribution in [0.1, 0.15) is 6.92 Å². The minimum atomic E-state index is -0.760. The summed E-state index contributed by atoms with van der Waals surface area (Å²) in [7, 11) is 1.28. The maximum absolute atomic E-state index is 13.5. The maximum Gasteiger partial charge on any atom is 0.346 e. The summed E-state index contributed by atoms with van der Waals surface area (Å²) in [4.78, 5) is 15.2. The molecule has 1 aromatic carbocycles. The van der Waals surface area contributed by atoms with Crippen LogP contribution in [-0.2, 0) is 9.53 Å². The molecule has 0 N–H and O–H groups in total. The van der Waals surface area contributed by atoms with Gasteiger partial charge in [0, 0.05) is 11.6 Å². The summed E-state index contributed by atoms with van der Waals surface area (Å²) in [5, 5.41) is 0.522. The minimum Gasteiger partial charge on any atom is -0.478 e. The van der Waals surface area contributed by atoms with Crippen LogP contribution in [-0.4, -0.2) is 24.2 Å². The topological polar surface area (TPSA) is 48.4 Å². The van der Waals surface area contributed by atoms with Gasteiger partial charge in [0.1, 0.15) is 17.1 Å². The highest BCUT2D eigenvalue weighted by atomic mass is 19.1. The van der Waals surface area contributed by atoms with E-state index >= 15 is 0 Å². The fourth-order valence-electron chi connectivity index (χ4n) is 1.62.